The standard InChI is InChI=1S/C24H31N3O3/c1-26(15-12-19-8-10-22(29-2)23(16-19)30-3)21-7-5-14-27(18-21)24(28)11-9-20-6-4-13-25-17-20/h4,6,8-11,13,16-17,21H,5,7,12,14-15,18H2,1-3H3/b11-9+/t21-/m1/s1. The van der Waals surface area contributed by atoms with Gasteiger partial charge in [-0.15, -0.1) is 0 Å². The number of nitrogens with zero attached hydrogens (tertiary/aromatic N) is 3. The number of aromatic nitrogens is 1. The fourth-order valence-corrected chi connectivity index (χ4v) is 3.79. The Kier molecular flexibility index (Phi) is 7.85. The summed E-state index contributed by atoms with van der Waals surface area (Å²) in [7, 11) is 5.45. The van der Waals surface area contributed by atoms with Crippen molar-refractivity contribution in [2.45, 2.75) is 25.3 Å². The number of ether oxygens (including phenoxy) is 2. The molecule has 160 valence electrons. The van der Waals surface area contributed by atoms with Crippen LogP contribution in [-0.4, -0.2) is 67.6 Å². The van der Waals surface area contributed by atoms with E-state index < -0.39 is 0 Å². The number of piperidine rings is 1. The van der Waals surface area contributed by atoms with E-state index in [0.717, 1.165) is 56.0 Å². The quantitative estimate of drug-likeness (QED) is 0.627. The van der Waals surface area contributed by atoms with E-state index in [9.17, 15) is 4.79 Å². The van der Waals surface area contributed by atoms with Crippen molar-refractivity contribution in [3.63, 3.8) is 0 Å². The molecule has 0 radical (unpaired) electrons. The molecule has 6 nitrogen and oxygen atoms in total. The normalized spacial score (nSPS) is 16.8. The van der Waals surface area contributed by atoms with Crippen LogP contribution < -0.4 is 9.47 Å². The third-order valence-corrected chi connectivity index (χ3v) is 5.64. The molecule has 1 saturated heterocycles. The predicted molar refractivity (Wildman–Crippen MR) is 119 cm³/mol. The topological polar surface area (TPSA) is 54.9 Å². The molecular formula is C24H31N3O3. The minimum atomic E-state index is 0.0665. The highest BCUT2D eigenvalue weighted by atomic mass is 16.5. The number of methoxy groups -OCH3 is 2. The molecule has 0 spiro atoms. The van der Waals surface area contributed by atoms with Crippen LogP contribution in [0.15, 0.2) is 48.8 Å². The van der Waals surface area contributed by atoms with Crippen molar-refractivity contribution in [1.82, 2.24) is 14.8 Å². The van der Waals surface area contributed by atoms with Gasteiger partial charge >= 0.3 is 0 Å². The van der Waals surface area contributed by atoms with Crippen LogP contribution >= 0.6 is 0 Å². The Balaban J connectivity index is 1.53. The number of hydrogen-bond acceptors (Lipinski definition) is 5. The van der Waals surface area contributed by atoms with Crippen molar-refractivity contribution in [1.29, 1.82) is 0 Å². The van der Waals surface area contributed by atoms with Gasteiger partial charge in [0.2, 0.25) is 5.91 Å². The Labute approximate surface area is 179 Å². The fraction of sp³-hybridized carbons (Fsp3) is 0.417. The van der Waals surface area contributed by atoms with Crippen molar-refractivity contribution in [3.8, 4) is 11.5 Å². The molecule has 1 atom stereocenters. The zero-order chi connectivity index (χ0) is 21.3. The Morgan fingerprint density at radius 3 is 2.83 bits per heavy atom. The van der Waals surface area contributed by atoms with Crippen LogP contribution in [0.1, 0.15) is 24.0 Å². The van der Waals surface area contributed by atoms with E-state index in [1.807, 2.05) is 35.2 Å². The predicted octanol–water partition coefficient (Wildman–Crippen LogP) is 3.28. The lowest BCUT2D eigenvalue weighted by Gasteiger charge is -2.37. The van der Waals surface area contributed by atoms with Gasteiger partial charge in [-0.25, -0.2) is 0 Å². The summed E-state index contributed by atoms with van der Waals surface area (Å²) in [4.78, 5) is 21.0. The van der Waals surface area contributed by atoms with E-state index in [2.05, 4.69) is 23.0 Å². The molecule has 0 unspecified atom stereocenters. The number of carbonyl (C=O) groups excluding carboxylic acids is 1. The SMILES string of the molecule is COc1ccc(CCN(C)[C@@H]2CCCN(C(=O)/C=C/c3cccnc3)C2)cc1OC. The zero-order valence-electron chi connectivity index (χ0n) is 18.1. The van der Waals surface area contributed by atoms with Crippen LogP contribution in [0, 0.1) is 0 Å². The maximum Gasteiger partial charge on any atom is 0.246 e. The number of likely N-dealkylation sites (N-methyl/N-ethyl adjacent to an activating group) is 1. The second-order valence-electron chi connectivity index (χ2n) is 7.62. The number of pyridine rings is 1. The zero-order valence-corrected chi connectivity index (χ0v) is 18.1. The first-order chi connectivity index (χ1) is 14.6. The summed E-state index contributed by atoms with van der Waals surface area (Å²) >= 11 is 0. The highest BCUT2D eigenvalue weighted by molar-refractivity contribution is 5.91. The van der Waals surface area contributed by atoms with E-state index >= 15 is 0 Å². The summed E-state index contributed by atoms with van der Waals surface area (Å²) in [6, 6.07) is 10.2. The second-order valence-corrected chi connectivity index (χ2v) is 7.62. The molecule has 1 aliphatic rings. The van der Waals surface area contributed by atoms with Crippen LogP contribution in [0.3, 0.4) is 0 Å². The molecule has 0 N–H and O–H groups in total. The van der Waals surface area contributed by atoms with Gasteiger partial charge in [0.15, 0.2) is 11.5 Å². The van der Waals surface area contributed by atoms with Gasteiger partial charge in [-0.05, 0) is 61.7 Å². The molecule has 1 aromatic heterocycles. The summed E-state index contributed by atoms with van der Waals surface area (Å²) < 4.78 is 10.7. The lowest BCUT2D eigenvalue weighted by molar-refractivity contribution is -0.127. The maximum absolute atomic E-state index is 12.6. The number of hydrogen-bond donors (Lipinski definition) is 0. The lowest BCUT2D eigenvalue weighted by atomic mass is 10.0. The molecule has 1 aliphatic heterocycles. The van der Waals surface area contributed by atoms with E-state index in [1.54, 1.807) is 32.7 Å². The van der Waals surface area contributed by atoms with Gasteiger partial charge in [0.1, 0.15) is 0 Å². The van der Waals surface area contributed by atoms with Crippen molar-refractivity contribution in [2.24, 2.45) is 0 Å². The number of rotatable bonds is 8. The fourth-order valence-electron chi connectivity index (χ4n) is 3.79. The molecular weight excluding hydrogens is 378 g/mol. The van der Waals surface area contributed by atoms with E-state index in [4.69, 9.17) is 9.47 Å². The highest BCUT2D eigenvalue weighted by Gasteiger charge is 2.25. The largest absolute Gasteiger partial charge is 0.493 e. The maximum atomic E-state index is 12.6. The number of amides is 1. The van der Waals surface area contributed by atoms with Crippen LogP contribution in [0.2, 0.25) is 0 Å². The first-order valence-corrected chi connectivity index (χ1v) is 10.4. The molecule has 1 fully saturated rings. The van der Waals surface area contributed by atoms with E-state index in [-0.39, 0.29) is 5.91 Å². The molecule has 2 heterocycles. The van der Waals surface area contributed by atoms with Crippen LogP contribution in [-0.2, 0) is 11.2 Å². The molecule has 1 aromatic carbocycles. The van der Waals surface area contributed by atoms with Gasteiger partial charge in [-0.3, -0.25) is 9.78 Å². The van der Waals surface area contributed by atoms with Gasteiger partial charge in [0, 0.05) is 44.1 Å². The Morgan fingerprint density at radius 2 is 2.10 bits per heavy atom. The molecule has 2 aromatic rings. The molecule has 6 heteroatoms. The first kappa shape index (κ1) is 21.8. The summed E-state index contributed by atoms with van der Waals surface area (Å²) in [6.45, 7) is 2.50. The van der Waals surface area contributed by atoms with Crippen molar-refractivity contribution < 1.29 is 14.3 Å². The Hall–Kier alpha value is -2.86. The summed E-state index contributed by atoms with van der Waals surface area (Å²) in [5.74, 6) is 1.57. The summed E-state index contributed by atoms with van der Waals surface area (Å²) in [5.41, 5.74) is 2.15. The Morgan fingerprint density at radius 1 is 1.27 bits per heavy atom. The van der Waals surface area contributed by atoms with E-state index in [1.165, 1.54) is 5.56 Å². The van der Waals surface area contributed by atoms with Gasteiger partial charge in [-0.1, -0.05) is 12.1 Å². The van der Waals surface area contributed by atoms with Crippen molar-refractivity contribution >= 4 is 12.0 Å². The molecule has 30 heavy (non-hydrogen) atoms. The van der Waals surface area contributed by atoms with Gasteiger partial charge in [0.05, 0.1) is 14.2 Å². The monoisotopic (exact) mass is 409 g/mol. The molecule has 1 amide bonds. The van der Waals surface area contributed by atoms with Crippen LogP contribution in [0.4, 0.5) is 0 Å². The van der Waals surface area contributed by atoms with Gasteiger partial charge in [-0.2, -0.15) is 0 Å². The number of likely N-dealkylation sites (tertiary alicyclic amines) is 1. The molecule has 0 aliphatic carbocycles. The first-order valence-electron chi connectivity index (χ1n) is 10.4. The second kappa shape index (κ2) is 10.8. The average Bonchev–Trinajstić information content (AvgIpc) is 2.81. The van der Waals surface area contributed by atoms with Crippen LogP contribution in [0.5, 0.6) is 11.5 Å². The summed E-state index contributed by atoms with van der Waals surface area (Å²) in [6.07, 6.45) is 10.0. The smallest absolute Gasteiger partial charge is 0.246 e. The molecule has 0 saturated carbocycles. The number of carbonyl (C=O) groups is 1. The van der Waals surface area contributed by atoms with Crippen LogP contribution in [0.25, 0.3) is 6.08 Å². The summed E-state index contributed by atoms with van der Waals surface area (Å²) in [5, 5.41) is 0. The number of benzene rings is 1. The molecule has 0 bridgehead atoms. The third kappa shape index (κ3) is 5.83. The van der Waals surface area contributed by atoms with Gasteiger partial charge in [0.25, 0.3) is 0 Å². The van der Waals surface area contributed by atoms with E-state index in [0.29, 0.717) is 6.04 Å². The third-order valence-electron chi connectivity index (χ3n) is 5.64. The minimum Gasteiger partial charge on any atom is -0.493 e. The average molecular weight is 410 g/mol. The van der Waals surface area contributed by atoms with Crippen molar-refractivity contribution in [2.75, 3.05) is 40.9 Å². The van der Waals surface area contributed by atoms with Gasteiger partial charge < -0.3 is 19.3 Å². The van der Waals surface area contributed by atoms with Crippen molar-refractivity contribution in [3.05, 3.63) is 59.9 Å². The lowest BCUT2D eigenvalue weighted by Crippen LogP contribution is -2.48. The molecule has 3 rings (SSSR count). The minimum absolute atomic E-state index is 0.0665. The Bertz CT molecular complexity index is 854. The highest BCUT2D eigenvalue weighted by Crippen LogP contribution is 2.28.